The number of aromatic amines is 1. The molecule has 2 heterocycles. The number of hydrogen-bond acceptors (Lipinski definition) is 3. The van der Waals surface area contributed by atoms with Gasteiger partial charge in [-0.25, -0.2) is 0 Å². The highest BCUT2D eigenvalue weighted by Gasteiger charge is 2.21. The van der Waals surface area contributed by atoms with E-state index in [1.165, 1.54) is 0 Å². The number of nitrogens with one attached hydrogen (secondary N) is 1. The Balaban J connectivity index is 2.40. The third-order valence-corrected chi connectivity index (χ3v) is 2.69. The summed E-state index contributed by atoms with van der Waals surface area (Å²) in [6, 6.07) is 0. The lowest BCUT2D eigenvalue weighted by atomic mass is 10.2. The van der Waals surface area contributed by atoms with Gasteiger partial charge in [0.05, 0.1) is 11.4 Å². The molecule has 74 valence electrons. The fourth-order valence-corrected chi connectivity index (χ4v) is 1.46. The van der Waals surface area contributed by atoms with Gasteiger partial charge in [0.25, 0.3) is 0 Å². The minimum atomic E-state index is -0.125. The highest BCUT2D eigenvalue weighted by atomic mass is 15.2. The van der Waals surface area contributed by atoms with Gasteiger partial charge in [-0.3, -0.25) is 15.1 Å². The smallest absolute Gasteiger partial charge is 0.184 e. The van der Waals surface area contributed by atoms with E-state index in [1.54, 1.807) is 0 Å². The predicted octanol–water partition coefficient (Wildman–Crippen LogP) is 1.96. The summed E-state index contributed by atoms with van der Waals surface area (Å²) in [6.07, 6.45) is -0.125. The van der Waals surface area contributed by atoms with Crippen LogP contribution in [0.4, 0.5) is 0 Å². The maximum atomic E-state index is 4.44. The molecule has 0 fully saturated rings. The third-order valence-electron chi connectivity index (χ3n) is 2.69. The monoisotopic (exact) mass is 190 g/mol. The van der Waals surface area contributed by atoms with E-state index < -0.39 is 0 Å². The Hall–Kier alpha value is -1.45. The molecule has 1 N–H and O–H groups in total. The van der Waals surface area contributed by atoms with E-state index in [-0.39, 0.29) is 6.17 Å². The van der Waals surface area contributed by atoms with Gasteiger partial charge in [0.15, 0.2) is 6.17 Å². The van der Waals surface area contributed by atoms with E-state index in [1.807, 2.05) is 27.7 Å². The van der Waals surface area contributed by atoms with Crippen LogP contribution in [0.5, 0.6) is 0 Å². The van der Waals surface area contributed by atoms with Crippen molar-refractivity contribution >= 4 is 11.4 Å². The van der Waals surface area contributed by atoms with Gasteiger partial charge < -0.3 is 0 Å². The summed E-state index contributed by atoms with van der Waals surface area (Å²) < 4.78 is 0. The van der Waals surface area contributed by atoms with Crippen LogP contribution in [-0.2, 0) is 0 Å². The molecule has 4 nitrogen and oxygen atoms in total. The molecule has 0 spiro atoms. The molecule has 0 aliphatic carbocycles. The molecule has 1 aromatic heterocycles. The topological polar surface area (TPSA) is 53.4 Å². The number of rotatable bonds is 1. The molecule has 0 bridgehead atoms. The molecule has 4 heteroatoms. The molecule has 0 saturated heterocycles. The zero-order valence-electron chi connectivity index (χ0n) is 8.92. The SMILES string of the molecule is CC1=NC(c2n[nH]c(C)c2C)N=C1C. The largest absolute Gasteiger partial charge is 0.282 e. The van der Waals surface area contributed by atoms with Crippen LogP contribution < -0.4 is 0 Å². The van der Waals surface area contributed by atoms with Gasteiger partial charge in [0, 0.05) is 5.69 Å². The molecular weight excluding hydrogens is 176 g/mol. The lowest BCUT2D eigenvalue weighted by molar-refractivity contribution is 0.750. The molecule has 1 aliphatic heterocycles. The molecule has 0 amide bonds. The standard InChI is InChI=1S/C10H14N4/c1-5-6(2)13-14-9(5)10-11-7(3)8(4)12-10/h10H,1-4H3,(H,13,14). The van der Waals surface area contributed by atoms with E-state index in [4.69, 9.17) is 0 Å². The summed E-state index contributed by atoms with van der Waals surface area (Å²) in [5, 5.41) is 7.18. The Kier molecular flexibility index (Phi) is 1.98. The van der Waals surface area contributed by atoms with E-state index >= 15 is 0 Å². The van der Waals surface area contributed by atoms with Gasteiger partial charge in [0.2, 0.25) is 0 Å². The van der Waals surface area contributed by atoms with Crippen LogP contribution in [-0.4, -0.2) is 21.6 Å². The Morgan fingerprint density at radius 3 is 2.00 bits per heavy atom. The first-order valence-corrected chi connectivity index (χ1v) is 4.70. The highest BCUT2D eigenvalue weighted by molar-refractivity contribution is 6.41. The Bertz CT molecular complexity index is 407. The van der Waals surface area contributed by atoms with Crippen LogP contribution in [0.25, 0.3) is 0 Å². The van der Waals surface area contributed by atoms with Crippen LogP contribution in [0.2, 0.25) is 0 Å². The van der Waals surface area contributed by atoms with Crippen LogP contribution >= 0.6 is 0 Å². The fourth-order valence-electron chi connectivity index (χ4n) is 1.46. The van der Waals surface area contributed by atoms with Crippen molar-refractivity contribution in [3.8, 4) is 0 Å². The zero-order chi connectivity index (χ0) is 10.3. The van der Waals surface area contributed by atoms with Crippen LogP contribution in [0.15, 0.2) is 9.98 Å². The number of nitrogens with zero attached hydrogens (tertiary/aromatic N) is 3. The first kappa shape index (κ1) is 9.12. The van der Waals surface area contributed by atoms with E-state index in [2.05, 4.69) is 20.2 Å². The molecule has 0 radical (unpaired) electrons. The zero-order valence-corrected chi connectivity index (χ0v) is 8.92. The van der Waals surface area contributed by atoms with Gasteiger partial charge in [-0.1, -0.05) is 0 Å². The average Bonchev–Trinajstić information content (AvgIpc) is 2.61. The quantitative estimate of drug-likeness (QED) is 0.723. The number of H-pyrrole nitrogens is 1. The van der Waals surface area contributed by atoms with Gasteiger partial charge in [-0.15, -0.1) is 0 Å². The molecule has 1 aliphatic rings. The summed E-state index contributed by atoms with van der Waals surface area (Å²) in [5.41, 5.74) is 5.21. The number of hydrogen-bond donors (Lipinski definition) is 1. The summed E-state index contributed by atoms with van der Waals surface area (Å²) in [5.74, 6) is 0. The Morgan fingerprint density at radius 1 is 1.00 bits per heavy atom. The number of aliphatic imine (C=N–C) groups is 2. The van der Waals surface area contributed by atoms with Crippen molar-refractivity contribution in [2.24, 2.45) is 9.98 Å². The van der Waals surface area contributed by atoms with Crippen molar-refractivity contribution in [3.63, 3.8) is 0 Å². The predicted molar refractivity (Wildman–Crippen MR) is 57.0 cm³/mol. The lowest BCUT2D eigenvalue weighted by Crippen LogP contribution is -1.98. The molecule has 1 aromatic rings. The second kappa shape index (κ2) is 3.04. The molecule has 2 rings (SSSR count). The highest BCUT2D eigenvalue weighted by Crippen LogP contribution is 2.25. The van der Waals surface area contributed by atoms with Crippen molar-refractivity contribution in [2.45, 2.75) is 33.9 Å². The summed E-state index contributed by atoms with van der Waals surface area (Å²) in [7, 11) is 0. The van der Waals surface area contributed by atoms with Crippen LogP contribution in [0.1, 0.15) is 37.0 Å². The third kappa shape index (κ3) is 1.27. The van der Waals surface area contributed by atoms with Crippen molar-refractivity contribution in [2.75, 3.05) is 0 Å². The molecule has 0 unspecified atom stereocenters. The van der Waals surface area contributed by atoms with E-state index in [9.17, 15) is 0 Å². The molecule has 0 aromatic carbocycles. The molecule has 0 saturated carbocycles. The molecule has 14 heavy (non-hydrogen) atoms. The summed E-state index contributed by atoms with van der Waals surface area (Å²) in [6.45, 7) is 8.01. The Labute approximate surface area is 83.2 Å². The van der Waals surface area contributed by atoms with Crippen molar-refractivity contribution in [1.82, 2.24) is 10.2 Å². The maximum absolute atomic E-state index is 4.44. The van der Waals surface area contributed by atoms with Crippen molar-refractivity contribution in [3.05, 3.63) is 17.0 Å². The minimum absolute atomic E-state index is 0.125. The van der Waals surface area contributed by atoms with Crippen molar-refractivity contribution < 1.29 is 0 Å². The first-order valence-electron chi connectivity index (χ1n) is 4.70. The number of aryl methyl sites for hydroxylation is 1. The minimum Gasteiger partial charge on any atom is -0.282 e. The van der Waals surface area contributed by atoms with Crippen LogP contribution in [0.3, 0.4) is 0 Å². The van der Waals surface area contributed by atoms with Crippen molar-refractivity contribution in [1.29, 1.82) is 0 Å². The van der Waals surface area contributed by atoms with Gasteiger partial charge >= 0.3 is 0 Å². The van der Waals surface area contributed by atoms with E-state index in [0.29, 0.717) is 0 Å². The molecule has 0 atom stereocenters. The normalized spacial score (nSPS) is 17.1. The fraction of sp³-hybridized carbons (Fsp3) is 0.500. The van der Waals surface area contributed by atoms with E-state index in [0.717, 1.165) is 28.4 Å². The summed E-state index contributed by atoms with van der Waals surface area (Å²) >= 11 is 0. The summed E-state index contributed by atoms with van der Waals surface area (Å²) in [4.78, 5) is 8.89. The van der Waals surface area contributed by atoms with Gasteiger partial charge in [-0.05, 0) is 33.3 Å². The first-order chi connectivity index (χ1) is 6.59. The Morgan fingerprint density at radius 2 is 1.57 bits per heavy atom. The lowest BCUT2D eigenvalue weighted by Gasteiger charge is -2.00. The maximum Gasteiger partial charge on any atom is 0.184 e. The second-order valence-electron chi connectivity index (χ2n) is 3.66. The second-order valence-corrected chi connectivity index (χ2v) is 3.66. The molecular formula is C10H14N4. The van der Waals surface area contributed by atoms with Gasteiger partial charge in [-0.2, -0.15) is 5.10 Å². The van der Waals surface area contributed by atoms with Crippen LogP contribution in [0, 0.1) is 13.8 Å². The van der Waals surface area contributed by atoms with Gasteiger partial charge in [0.1, 0.15) is 5.69 Å². The average molecular weight is 190 g/mol. The number of aromatic nitrogens is 2.